The van der Waals surface area contributed by atoms with Crippen molar-refractivity contribution in [2.45, 2.75) is 18.8 Å². The Balaban J connectivity index is 1.32. The number of H-pyrrole nitrogens is 1. The highest BCUT2D eigenvalue weighted by Gasteiger charge is 2.35. The van der Waals surface area contributed by atoms with Crippen LogP contribution >= 0.6 is 0 Å². The highest BCUT2D eigenvalue weighted by molar-refractivity contribution is 5.93. The van der Waals surface area contributed by atoms with Gasteiger partial charge in [-0.25, -0.2) is 0 Å². The molecule has 1 aromatic heterocycles. The molecular formula is C28H21F3N2O4. The van der Waals surface area contributed by atoms with Crippen LogP contribution in [-0.2, 0) is 11.2 Å². The maximum atomic E-state index is 13.5. The van der Waals surface area contributed by atoms with Crippen molar-refractivity contribution in [3.05, 3.63) is 95.2 Å². The zero-order chi connectivity index (χ0) is 25.6. The number of carbonyl (C=O) groups excluding carboxylic acids is 1. The molecular weight excluding hydrogens is 485 g/mol. The number of ether oxygens (including phenoxy) is 3. The quantitative estimate of drug-likeness (QED) is 0.346. The molecule has 188 valence electrons. The number of nitrogens with zero attached hydrogens (tertiary/aromatic N) is 1. The SMILES string of the molecule is O=C(C=Cc1ccc(OC(F)(F)F)cc1)N1CCc2c([nH]c3ccccc23)C1c1ccc2c(c1)OCO2. The zero-order valence-corrected chi connectivity index (χ0v) is 19.4. The summed E-state index contributed by atoms with van der Waals surface area (Å²) in [6.45, 7) is 0.648. The van der Waals surface area contributed by atoms with E-state index in [9.17, 15) is 18.0 Å². The Morgan fingerprint density at radius 2 is 1.81 bits per heavy atom. The third kappa shape index (κ3) is 4.48. The van der Waals surface area contributed by atoms with E-state index in [1.807, 2.05) is 36.4 Å². The Hall–Kier alpha value is -4.40. The van der Waals surface area contributed by atoms with Gasteiger partial charge >= 0.3 is 6.36 Å². The van der Waals surface area contributed by atoms with Crippen LogP contribution in [0.3, 0.4) is 0 Å². The zero-order valence-electron chi connectivity index (χ0n) is 19.4. The van der Waals surface area contributed by atoms with Gasteiger partial charge in [-0.2, -0.15) is 0 Å². The minimum atomic E-state index is -4.76. The van der Waals surface area contributed by atoms with Crippen molar-refractivity contribution in [1.82, 2.24) is 9.88 Å². The first kappa shape index (κ1) is 23.0. The largest absolute Gasteiger partial charge is 0.573 e. The number of aromatic nitrogens is 1. The van der Waals surface area contributed by atoms with Crippen molar-refractivity contribution in [2.24, 2.45) is 0 Å². The molecule has 6 nitrogen and oxygen atoms in total. The van der Waals surface area contributed by atoms with Gasteiger partial charge in [0.1, 0.15) is 5.75 Å². The van der Waals surface area contributed by atoms with Gasteiger partial charge in [0.25, 0.3) is 0 Å². The second-order valence-electron chi connectivity index (χ2n) is 8.81. The van der Waals surface area contributed by atoms with Gasteiger partial charge in [0.2, 0.25) is 12.7 Å². The molecule has 0 saturated heterocycles. The van der Waals surface area contributed by atoms with Crippen LogP contribution in [-0.4, -0.2) is 35.5 Å². The van der Waals surface area contributed by atoms with Gasteiger partial charge in [-0.3, -0.25) is 4.79 Å². The Morgan fingerprint density at radius 1 is 1.03 bits per heavy atom. The number of hydrogen-bond donors (Lipinski definition) is 1. The lowest BCUT2D eigenvalue weighted by atomic mass is 9.92. The molecule has 6 rings (SSSR count). The number of halogens is 3. The molecule has 2 aliphatic heterocycles. The molecule has 1 N–H and O–H groups in total. The van der Waals surface area contributed by atoms with Crippen LogP contribution in [0.4, 0.5) is 13.2 Å². The van der Waals surface area contributed by atoms with E-state index in [1.165, 1.54) is 35.9 Å². The van der Waals surface area contributed by atoms with Crippen molar-refractivity contribution in [3.63, 3.8) is 0 Å². The molecule has 0 spiro atoms. The van der Waals surface area contributed by atoms with Crippen LogP contribution < -0.4 is 14.2 Å². The molecule has 37 heavy (non-hydrogen) atoms. The van der Waals surface area contributed by atoms with Crippen molar-refractivity contribution in [3.8, 4) is 17.2 Å². The number of alkyl halides is 3. The van der Waals surface area contributed by atoms with Gasteiger partial charge in [-0.1, -0.05) is 36.4 Å². The number of aromatic amines is 1. The second kappa shape index (κ2) is 8.92. The summed E-state index contributed by atoms with van der Waals surface area (Å²) in [4.78, 5) is 18.8. The number of hydrogen-bond acceptors (Lipinski definition) is 4. The van der Waals surface area contributed by atoms with E-state index in [0.717, 1.165) is 22.2 Å². The molecule has 3 heterocycles. The number of para-hydroxylation sites is 1. The van der Waals surface area contributed by atoms with Gasteiger partial charge < -0.3 is 24.1 Å². The summed E-state index contributed by atoms with van der Waals surface area (Å²) in [6, 6.07) is 18.7. The number of rotatable bonds is 4. The monoisotopic (exact) mass is 506 g/mol. The van der Waals surface area contributed by atoms with Crippen molar-refractivity contribution < 1.29 is 32.2 Å². The summed E-state index contributed by atoms with van der Waals surface area (Å²) < 4.78 is 52.2. The highest BCUT2D eigenvalue weighted by atomic mass is 19.4. The van der Waals surface area contributed by atoms with Crippen molar-refractivity contribution >= 4 is 22.9 Å². The summed E-state index contributed by atoms with van der Waals surface area (Å²) >= 11 is 0. The first-order valence-corrected chi connectivity index (χ1v) is 11.7. The predicted octanol–water partition coefficient (Wildman–Crippen LogP) is 5.98. The van der Waals surface area contributed by atoms with Crippen LogP contribution in [0.15, 0.2) is 72.8 Å². The average Bonchev–Trinajstić information content (AvgIpc) is 3.50. The van der Waals surface area contributed by atoms with Crippen LogP contribution in [0.25, 0.3) is 17.0 Å². The molecule has 9 heteroatoms. The summed E-state index contributed by atoms with van der Waals surface area (Å²) in [5.74, 6) is 0.751. The molecule has 0 bridgehead atoms. The molecule has 1 amide bonds. The number of carbonyl (C=O) groups is 1. The lowest BCUT2D eigenvalue weighted by Crippen LogP contribution is -2.39. The summed E-state index contributed by atoms with van der Waals surface area (Å²) in [5, 5.41) is 1.13. The molecule has 2 aliphatic rings. The first-order valence-electron chi connectivity index (χ1n) is 11.7. The van der Waals surface area contributed by atoms with Crippen LogP contribution in [0.5, 0.6) is 17.2 Å². The van der Waals surface area contributed by atoms with Gasteiger partial charge in [0, 0.05) is 29.2 Å². The van der Waals surface area contributed by atoms with Crippen molar-refractivity contribution in [1.29, 1.82) is 0 Å². The van der Waals surface area contributed by atoms with Crippen molar-refractivity contribution in [2.75, 3.05) is 13.3 Å². The maximum absolute atomic E-state index is 13.5. The van der Waals surface area contributed by atoms with Gasteiger partial charge in [-0.15, -0.1) is 13.2 Å². The molecule has 0 radical (unpaired) electrons. The van der Waals surface area contributed by atoms with Crippen LogP contribution in [0.2, 0.25) is 0 Å². The van der Waals surface area contributed by atoms with E-state index in [2.05, 4.69) is 15.8 Å². The average molecular weight is 506 g/mol. The fourth-order valence-electron chi connectivity index (χ4n) is 4.95. The standard InChI is InChI=1S/C28H21F3N2O4/c29-28(30,31)37-19-9-5-17(6-10-19)7-12-25(34)33-14-13-21-20-3-1-2-4-22(20)32-26(21)27(33)18-8-11-23-24(15-18)36-16-35-23/h1-12,15,27,32H,13-14,16H2. The molecule has 4 aromatic rings. The minimum absolute atomic E-state index is 0.152. The Kier molecular flexibility index (Phi) is 5.55. The third-order valence-electron chi connectivity index (χ3n) is 6.56. The molecule has 0 aliphatic carbocycles. The molecule has 1 atom stereocenters. The van der Waals surface area contributed by atoms with Gasteiger partial charge in [0.05, 0.1) is 6.04 Å². The van der Waals surface area contributed by atoms with Crippen LogP contribution in [0.1, 0.15) is 28.4 Å². The minimum Gasteiger partial charge on any atom is -0.454 e. The second-order valence-corrected chi connectivity index (χ2v) is 8.81. The predicted molar refractivity (Wildman–Crippen MR) is 130 cm³/mol. The topological polar surface area (TPSA) is 63.8 Å². The van der Waals surface area contributed by atoms with E-state index in [0.29, 0.717) is 30.0 Å². The third-order valence-corrected chi connectivity index (χ3v) is 6.56. The maximum Gasteiger partial charge on any atom is 0.573 e. The van der Waals surface area contributed by atoms with Crippen LogP contribution in [0, 0.1) is 0 Å². The fourth-order valence-corrected chi connectivity index (χ4v) is 4.95. The smallest absolute Gasteiger partial charge is 0.454 e. The van der Waals surface area contributed by atoms with E-state index >= 15 is 0 Å². The van der Waals surface area contributed by atoms with E-state index < -0.39 is 6.36 Å². The summed E-state index contributed by atoms with van der Waals surface area (Å²) in [7, 11) is 0. The summed E-state index contributed by atoms with van der Waals surface area (Å²) in [6.07, 6.45) is -1.05. The van der Waals surface area contributed by atoms with E-state index in [1.54, 1.807) is 11.0 Å². The Labute approximate surface area is 209 Å². The van der Waals surface area contributed by atoms with E-state index in [-0.39, 0.29) is 24.5 Å². The highest BCUT2D eigenvalue weighted by Crippen LogP contribution is 2.42. The number of benzene rings is 3. The first-order chi connectivity index (χ1) is 17.9. The summed E-state index contributed by atoms with van der Waals surface area (Å²) in [5.41, 5.74) is 4.58. The van der Waals surface area contributed by atoms with E-state index in [4.69, 9.17) is 9.47 Å². The normalized spacial score (nSPS) is 16.8. The molecule has 0 fully saturated rings. The number of amides is 1. The lowest BCUT2D eigenvalue weighted by Gasteiger charge is -2.35. The molecule has 0 saturated carbocycles. The molecule has 1 unspecified atom stereocenters. The number of nitrogens with one attached hydrogen (secondary N) is 1. The Morgan fingerprint density at radius 3 is 2.62 bits per heavy atom. The van der Waals surface area contributed by atoms with Gasteiger partial charge in [-0.05, 0) is 59.5 Å². The fraction of sp³-hybridized carbons (Fsp3) is 0.179. The lowest BCUT2D eigenvalue weighted by molar-refractivity contribution is -0.274. The Bertz CT molecular complexity index is 1510. The van der Waals surface area contributed by atoms with Gasteiger partial charge in [0.15, 0.2) is 11.5 Å². The number of fused-ring (bicyclic) bond motifs is 4. The molecule has 3 aromatic carbocycles.